The van der Waals surface area contributed by atoms with E-state index < -0.39 is 6.29 Å². The monoisotopic (exact) mass is 429 g/mol. The van der Waals surface area contributed by atoms with E-state index in [0.29, 0.717) is 6.42 Å². The van der Waals surface area contributed by atoms with Crippen molar-refractivity contribution < 1.29 is 23.9 Å². The number of hydrogen-bond acceptors (Lipinski definition) is 7. The minimum absolute atomic E-state index is 0.000757. The van der Waals surface area contributed by atoms with Gasteiger partial charge in [0.25, 0.3) is 6.29 Å². The van der Waals surface area contributed by atoms with E-state index >= 15 is 0 Å². The lowest BCUT2D eigenvalue weighted by atomic mass is 9.99. The zero-order valence-corrected chi connectivity index (χ0v) is 17.6. The van der Waals surface area contributed by atoms with Crippen LogP contribution >= 0.6 is 11.8 Å². The van der Waals surface area contributed by atoms with Crippen LogP contribution in [-0.2, 0) is 4.74 Å². The van der Waals surface area contributed by atoms with Crippen LogP contribution in [0.1, 0.15) is 29.9 Å². The zero-order valence-electron chi connectivity index (χ0n) is 16.8. The number of benzene rings is 2. The average Bonchev–Trinajstić information content (AvgIpc) is 3.29. The Balaban J connectivity index is 1.61. The summed E-state index contributed by atoms with van der Waals surface area (Å²) in [4.78, 5) is 11.4. The maximum absolute atomic E-state index is 10.6. The van der Waals surface area contributed by atoms with E-state index in [1.54, 1.807) is 26.0 Å². The van der Waals surface area contributed by atoms with Crippen molar-refractivity contribution in [3.05, 3.63) is 68.6 Å². The lowest BCUT2D eigenvalue weighted by Crippen LogP contribution is -2.16. The van der Waals surface area contributed by atoms with Gasteiger partial charge in [0.05, 0.1) is 20.1 Å². The van der Waals surface area contributed by atoms with E-state index in [1.807, 2.05) is 42.5 Å². The summed E-state index contributed by atoms with van der Waals surface area (Å²) < 4.78 is 22.9. The van der Waals surface area contributed by atoms with Crippen molar-refractivity contribution in [2.75, 3.05) is 26.5 Å². The van der Waals surface area contributed by atoms with E-state index in [9.17, 15) is 10.1 Å². The van der Waals surface area contributed by atoms with Crippen LogP contribution in [0.4, 0.5) is 0 Å². The van der Waals surface area contributed by atoms with Gasteiger partial charge in [-0.25, -0.2) is 0 Å². The minimum Gasteiger partial charge on any atom is -0.497 e. The van der Waals surface area contributed by atoms with Crippen molar-refractivity contribution in [3.8, 4) is 17.2 Å². The summed E-state index contributed by atoms with van der Waals surface area (Å²) in [5.41, 5.74) is 2.02. The van der Waals surface area contributed by atoms with Crippen molar-refractivity contribution in [1.29, 1.82) is 0 Å². The SMILES string of the molecule is COc1ccc(C2=C(SCCCC[N+](=O)[O-])C3c4ccc(OC)cc4OC3O2)cc1. The van der Waals surface area contributed by atoms with Crippen LogP contribution in [0.15, 0.2) is 47.4 Å². The standard InChI is InChI=1S/C22H23NO6S/c1-26-15-7-5-14(6-8-15)20-21(30-12-4-3-11-23(24)25)19-17-10-9-16(27-2)13-18(17)28-22(19)29-20/h5-10,13,19,22H,3-4,11-12H2,1-2H3. The molecule has 7 nitrogen and oxygen atoms in total. The van der Waals surface area contributed by atoms with Crippen LogP contribution in [-0.4, -0.2) is 37.7 Å². The van der Waals surface area contributed by atoms with Crippen LogP contribution in [0.3, 0.4) is 0 Å². The van der Waals surface area contributed by atoms with Gasteiger partial charge < -0.3 is 18.9 Å². The van der Waals surface area contributed by atoms with Crippen LogP contribution in [0, 0.1) is 10.1 Å². The zero-order chi connectivity index (χ0) is 21.1. The second kappa shape index (κ2) is 8.87. The fourth-order valence-corrected chi connectivity index (χ4v) is 4.93. The highest BCUT2D eigenvalue weighted by molar-refractivity contribution is 8.03. The lowest BCUT2D eigenvalue weighted by molar-refractivity contribution is -0.480. The van der Waals surface area contributed by atoms with Gasteiger partial charge >= 0.3 is 0 Å². The van der Waals surface area contributed by atoms with Gasteiger partial charge in [-0.05, 0) is 42.5 Å². The van der Waals surface area contributed by atoms with Crippen molar-refractivity contribution in [2.24, 2.45) is 0 Å². The van der Waals surface area contributed by atoms with Crippen LogP contribution in [0.2, 0.25) is 0 Å². The van der Waals surface area contributed by atoms with Gasteiger partial charge in [-0.1, -0.05) is 6.07 Å². The van der Waals surface area contributed by atoms with Crippen molar-refractivity contribution in [2.45, 2.75) is 25.0 Å². The molecule has 0 spiro atoms. The van der Waals surface area contributed by atoms with Crippen molar-refractivity contribution in [1.82, 2.24) is 0 Å². The lowest BCUT2D eigenvalue weighted by Gasteiger charge is -2.12. The van der Waals surface area contributed by atoms with Gasteiger partial charge in [0, 0.05) is 33.4 Å². The van der Waals surface area contributed by atoms with Gasteiger partial charge in [0.2, 0.25) is 6.54 Å². The highest BCUT2D eigenvalue weighted by Gasteiger charge is 2.46. The third kappa shape index (κ3) is 4.05. The summed E-state index contributed by atoms with van der Waals surface area (Å²) in [7, 11) is 3.26. The van der Waals surface area contributed by atoms with Gasteiger partial charge in [-0.3, -0.25) is 10.1 Å². The summed E-state index contributed by atoms with van der Waals surface area (Å²) in [6.07, 6.45) is 0.897. The maximum Gasteiger partial charge on any atom is 0.252 e. The Labute approximate surface area is 179 Å². The molecule has 0 N–H and O–H groups in total. The number of unbranched alkanes of at least 4 members (excludes halogenated alkanes) is 1. The molecule has 2 atom stereocenters. The highest BCUT2D eigenvalue weighted by atomic mass is 32.2. The molecular weight excluding hydrogens is 406 g/mol. The Morgan fingerprint density at radius 3 is 2.47 bits per heavy atom. The van der Waals surface area contributed by atoms with E-state index in [2.05, 4.69) is 0 Å². The Morgan fingerprint density at radius 2 is 1.77 bits per heavy atom. The number of rotatable bonds is 9. The number of nitro groups is 1. The quantitative estimate of drug-likeness (QED) is 0.325. The smallest absolute Gasteiger partial charge is 0.252 e. The van der Waals surface area contributed by atoms with Gasteiger partial charge in [-0.2, -0.15) is 0 Å². The average molecular weight is 429 g/mol. The molecular formula is C22H23NO6S. The third-order valence-electron chi connectivity index (χ3n) is 5.16. The molecule has 2 aromatic rings. The van der Waals surface area contributed by atoms with Crippen molar-refractivity contribution >= 4 is 17.5 Å². The molecule has 2 aliphatic heterocycles. The van der Waals surface area contributed by atoms with E-state index in [0.717, 1.165) is 51.2 Å². The van der Waals surface area contributed by atoms with Crippen LogP contribution in [0.5, 0.6) is 17.2 Å². The molecule has 0 fully saturated rings. The molecule has 2 aliphatic rings. The first-order valence-corrected chi connectivity index (χ1v) is 10.7. The number of nitrogens with zero attached hydrogens (tertiary/aromatic N) is 1. The van der Waals surface area contributed by atoms with Crippen molar-refractivity contribution in [3.63, 3.8) is 0 Å². The predicted octanol–water partition coefficient (Wildman–Crippen LogP) is 4.70. The fraction of sp³-hybridized carbons (Fsp3) is 0.364. The molecule has 0 saturated heterocycles. The predicted molar refractivity (Wildman–Crippen MR) is 115 cm³/mol. The van der Waals surface area contributed by atoms with Crippen LogP contribution < -0.4 is 14.2 Å². The Hall–Kier alpha value is -2.87. The summed E-state index contributed by atoms with van der Waals surface area (Å²) in [5.74, 6) is 3.84. The summed E-state index contributed by atoms with van der Waals surface area (Å²) in [6, 6.07) is 13.6. The minimum atomic E-state index is -0.425. The summed E-state index contributed by atoms with van der Waals surface area (Å²) in [5, 5.41) is 10.6. The second-order valence-electron chi connectivity index (χ2n) is 7.02. The second-order valence-corrected chi connectivity index (χ2v) is 8.16. The van der Waals surface area contributed by atoms with E-state index in [-0.39, 0.29) is 17.4 Å². The molecule has 2 aromatic carbocycles. The molecule has 4 rings (SSSR count). The first-order chi connectivity index (χ1) is 14.6. The molecule has 8 heteroatoms. The molecule has 30 heavy (non-hydrogen) atoms. The molecule has 2 heterocycles. The van der Waals surface area contributed by atoms with Gasteiger partial charge in [0.1, 0.15) is 23.0 Å². The van der Waals surface area contributed by atoms with E-state index in [4.69, 9.17) is 18.9 Å². The molecule has 0 amide bonds. The van der Waals surface area contributed by atoms with Gasteiger partial charge in [0.15, 0.2) is 0 Å². The molecule has 0 bridgehead atoms. The molecule has 0 aromatic heterocycles. The third-order valence-corrected chi connectivity index (χ3v) is 6.40. The fourth-order valence-electron chi connectivity index (χ4n) is 3.65. The largest absolute Gasteiger partial charge is 0.497 e. The summed E-state index contributed by atoms with van der Waals surface area (Å²) >= 11 is 1.69. The normalized spacial score (nSPS) is 19.0. The highest BCUT2D eigenvalue weighted by Crippen LogP contribution is 2.55. The first-order valence-electron chi connectivity index (χ1n) is 9.75. The first kappa shape index (κ1) is 20.4. The van der Waals surface area contributed by atoms with Gasteiger partial charge in [-0.15, -0.1) is 11.8 Å². The number of hydrogen-bond donors (Lipinski definition) is 0. The Bertz CT molecular complexity index is 959. The maximum atomic E-state index is 10.6. The van der Waals surface area contributed by atoms with Crippen LogP contribution in [0.25, 0.3) is 5.76 Å². The molecule has 0 radical (unpaired) electrons. The molecule has 158 valence electrons. The molecule has 2 unspecified atom stereocenters. The number of methoxy groups -OCH3 is 2. The Kier molecular flexibility index (Phi) is 6.03. The molecule has 0 aliphatic carbocycles. The summed E-state index contributed by atoms with van der Waals surface area (Å²) in [6.45, 7) is -0.000757. The number of thioether (sulfide) groups is 1. The number of ether oxygens (including phenoxy) is 4. The van der Waals surface area contributed by atoms with E-state index in [1.165, 1.54) is 0 Å². The Morgan fingerprint density at radius 1 is 1.03 bits per heavy atom. The number of fused-ring (bicyclic) bond motifs is 3. The molecule has 0 saturated carbocycles. The topological polar surface area (TPSA) is 80.1 Å².